The number of rotatable bonds is 7. The molecule has 0 unspecified atom stereocenters. The number of aliphatic hydroxyl groups is 1. The van der Waals surface area contributed by atoms with E-state index in [0.717, 1.165) is 13.0 Å². The lowest BCUT2D eigenvalue weighted by Crippen LogP contribution is -2.54. The van der Waals surface area contributed by atoms with E-state index in [0.29, 0.717) is 0 Å². The Bertz CT molecular complexity index is 485. The molecule has 8 heteroatoms. The molecular weight excluding hydrogens is 294 g/mol. The molecule has 0 saturated heterocycles. The lowest BCUT2D eigenvalue weighted by atomic mass is 9.96. The fourth-order valence-corrected chi connectivity index (χ4v) is 1.53. The minimum absolute atomic E-state index is 0.990. The Morgan fingerprint density at radius 3 is 1.77 bits per heavy atom. The van der Waals surface area contributed by atoms with Gasteiger partial charge in [-0.2, -0.15) is 0 Å². The number of hydrogen-bond donors (Lipinski definition) is 2. The molecule has 0 aliphatic heterocycles. The highest BCUT2D eigenvalue weighted by atomic mass is 16.4. The van der Waals surface area contributed by atoms with Gasteiger partial charge in [0.05, 0.1) is 12.5 Å². The van der Waals surface area contributed by atoms with Gasteiger partial charge < -0.3 is 40.5 Å². The van der Waals surface area contributed by atoms with E-state index in [1.54, 1.807) is 0 Å². The number of benzene rings is 1. The predicted molar refractivity (Wildman–Crippen MR) is 67.1 cm³/mol. The van der Waals surface area contributed by atoms with Crippen molar-refractivity contribution in [3.63, 3.8) is 0 Å². The van der Waals surface area contributed by atoms with Crippen molar-refractivity contribution in [1.29, 1.82) is 0 Å². The second-order valence-electron chi connectivity index (χ2n) is 4.51. The van der Waals surface area contributed by atoms with E-state index in [9.17, 15) is 29.7 Å². The molecule has 0 amide bonds. The Labute approximate surface area is 126 Å². The smallest absolute Gasteiger partial charge is 0.114 e. The van der Waals surface area contributed by atoms with Gasteiger partial charge in [-0.3, -0.25) is 0 Å². The molecule has 0 atom stereocenters. The molecule has 0 aromatic heterocycles. The van der Waals surface area contributed by atoms with Crippen LogP contribution in [0.2, 0.25) is 0 Å². The minimum atomic E-state index is -2.97. The number of aliphatic carboxylic acids is 3. The highest BCUT2D eigenvalue weighted by molar-refractivity contribution is 5.86. The molecule has 4 N–H and O–H groups in total. The van der Waals surface area contributed by atoms with Gasteiger partial charge in [-0.05, 0) is 5.56 Å². The summed E-state index contributed by atoms with van der Waals surface area (Å²) in [6.45, 7) is 0.990. The van der Waals surface area contributed by atoms with Gasteiger partial charge in [0.15, 0.2) is 0 Å². The van der Waals surface area contributed by atoms with E-state index >= 15 is 0 Å². The number of carboxylic acid groups (broad SMARTS) is 3. The summed E-state index contributed by atoms with van der Waals surface area (Å²) >= 11 is 0. The third-order valence-electron chi connectivity index (χ3n) is 2.56. The van der Waals surface area contributed by atoms with E-state index < -0.39 is 36.4 Å². The maximum absolute atomic E-state index is 10.1. The molecule has 0 aliphatic rings. The van der Waals surface area contributed by atoms with Crippen LogP contribution in [0.1, 0.15) is 18.4 Å². The van der Waals surface area contributed by atoms with Gasteiger partial charge in [0.2, 0.25) is 0 Å². The first kappa shape index (κ1) is 19.6. The van der Waals surface area contributed by atoms with Crippen molar-refractivity contribution >= 4 is 17.9 Å². The van der Waals surface area contributed by atoms with Crippen LogP contribution in [-0.2, 0) is 20.8 Å². The van der Waals surface area contributed by atoms with Crippen LogP contribution in [-0.4, -0.2) is 35.2 Å². The molecule has 0 saturated carbocycles. The Morgan fingerprint density at radius 1 is 1.00 bits per heavy atom. The van der Waals surface area contributed by atoms with Gasteiger partial charge in [-0.1, -0.05) is 30.3 Å². The Balaban J connectivity index is 0.000000425. The molecule has 22 heavy (non-hydrogen) atoms. The number of hydrogen-bond acceptors (Lipinski definition) is 7. The van der Waals surface area contributed by atoms with Crippen molar-refractivity contribution in [3.05, 3.63) is 35.9 Å². The maximum atomic E-state index is 10.1. The summed E-state index contributed by atoms with van der Waals surface area (Å²) in [6.07, 6.45) is -1.62. The van der Waals surface area contributed by atoms with Crippen LogP contribution in [0.15, 0.2) is 30.3 Å². The molecule has 1 rings (SSSR count). The second kappa shape index (κ2) is 9.48. The van der Waals surface area contributed by atoms with Crippen LogP contribution < -0.4 is 21.1 Å². The van der Waals surface area contributed by atoms with E-state index in [2.05, 4.69) is 30.0 Å². The summed E-state index contributed by atoms with van der Waals surface area (Å²) in [4.78, 5) is 30.0. The Kier molecular flexibility index (Phi) is 8.42. The molecule has 1 aromatic rings. The van der Waals surface area contributed by atoms with Crippen molar-refractivity contribution < 1.29 is 40.5 Å². The molecule has 0 heterocycles. The SMILES string of the molecule is O=C([O-])CC(O)(CC(=O)[O-])C(=O)[O-].[NH3+]CCc1ccccc1. The van der Waals surface area contributed by atoms with Crippen molar-refractivity contribution in [1.82, 2.24) is 0 Å². The first-order valence-electron chi connectivity index (χ1n) is 6.38. The quantitative estimate of drug-likeness (QED) is 0.509. The second-order valence-corrected chi connectivity index (χ2v) is 4.51. The first-order valence-corrected chi connectivity index (χ1v) is 6.38. The van der Waals surface area contributed by atoms with Gasteiger partial charge in [-0.25, -0.2) is 0 Å². The molecule has 0 fully saturated rings. The van der Waals surface area contributed by atoms with E-state index in [4.69, 9.17) is 5.11 Å². The zero-order valence-electron chi connectivity index (χ0n) is 11.8. The van der Waals surface area contributed by atoms with Crippen LogP contribution in [0, 0.1) is 0 Å². The molecule has 0 radical (unpaired) electrons. The lowest BCUT2D eigenvalue weighted by molar-refractivity contribution is -0.366. The number of carbonyl (C=O) groups excluding carboxylic acids is 3. The monoisotopic (exact) mass is 311 g/mol. The average Bonchev–Trinajstić information content (AvgIpc) is 2.39. The lowest BCUT2D eigenvalue weighted by Gasteiger charge is -2.29. The third-order valence-corrected chi connectivity index (χ3v) is 2.56. The number of carbonyl (C=O) groups is 3. The molecule has 0 bridgehead atoms. The molecule has 0 spiro atoms. The summed E-state index contributed by atoms with van der Waals surface area (Å²) < 4.78 is 0. The zero-order valence-corrected chi connectivity index (χ0v) is 11.8. The molecule has 0 aliphatic carbocycles. The third kappa shape index (κ3) is 7.98. The zero-order chi connectivity index (χ0) is 17.2. The Hall–Kier alpha value is -2.45. The van der Waals surface area contributed by atoms with Gasteiger partial charge >= 0.3 is 0 Å². The molecule has 122 valence electrons. The van der Waals surface area contributed by atoms with Crippen molar-refractivity contribution in [2.75, 3.05) is 6.54 Å². The van der Waals surface area contributed by atoms with Gasteiger partial charge in [0.25, 0.3) is 0 Å². The van der Waals surface area contributed by atoms with Crippen molar-refractivity contribution in [3.8, 4) is 0 Å². The first-order chi connectivity index (χ1) is 10.2. The van der Waals surface area contributed by atoms with E-state index in [1.807, 2.05) is 6.07 Å². The molecule has 1 aromatic carbocycles. The largest absolute Gasteiger partial charge is 0.550 e. The predicted octanol–water partition coefficient (Wildman–Crippen LogP) is -4.78. The van der Waals surface area contributed by atoms with E-state index in [-0.39, 0.29) is 0 Å². The topological polar surface area (TPSA) is 168 Å². The van der Waals surface area contributed by atoms with Crippen molar-refractivity contribution in [2.24, 2.45) is 0 Å². The summed E-state index contributed by atoms with van der Waals surface area (Å²) in [7, 11) is 0. The van der Waals surface area contributed by atoms with Crippen molar-refractivity contribution in [2.45, 2.75) is 24.9 Å². The number of carboxylic acids is 3. The molecular formula is C14H17NO7-2. The number of quaternary nitrogens is 1. The minimum Gasteiger partial charge on any atom is -0.550 e. The van der Waals surface area contributed by atoms with Gasteiger partial charge in [-0.15, -0.1) is 0 Å². The molecule has 8 nitrogen and oxygen atoms in total. The average molecular weight is 311 g/mol. The summed E-state index contributed by atoms with van der Waals surface area (Å²) in [5.74, 6) is -5.98. The van der Waals surface area contributed by atoms with Crippen LogP contribution in [0.3, 0.4) is 0 Å². The summed E-state index contributed by atoms with van der Waals surface area (Å²) in [6, 6.07) is 10.4. The normalized spacial score (nSPS) is 10.3. The maximum Gasteiger partial charge on any atom is 0.114 e. The van der Waals surface area contributed by atoms with Gasteiger partial charge in [0, 0.05) is 31.2 Å². The summed E-state index contributed by atoms with van der Waals surface area (Å²) in [5, 5.41) is 38.9. The van der Waals surface area contributed by atoms with Crippen LogP contribution in [0.5, 0.6) is 0 Å². The van der Waals surface area contributed by atoms with Gasteiger partial charge in [0.1, 0.15) is 5.60 Å². The van der Waals surface area contributed by atoms with E-state index in [1.165, 1.54) is 5.56 Å². The van der Waals surface area contributed by atoms with Crippen LogP contribution >= 0.6 is 0 Å². The summed E-state index contributed by atoms with van der Waals surface area (Å²) in [5.41, 5.74) is 2.19. The van der Waals surface area contributed by atoms with Crippen LogP contribution in [0.25, 0.3) is 0 Å². The fourth-order valence-electron chi connectivity index (χ4n) is 1.53. The standard InChI is InChI=1S/C8H11N.C6H8O7/c9-7-6-8-4-2-1-3-5-8;7-3(8)1-6(13,5(11)12)2-4(9)10/h1-5H,6-7,9H2;13H,1-2H2,(H,7,8)(H,9,10)(H,11,12)/p-2. The fraction of sp³-hybridized carbons (Fsp3) is 0.357. The highest BCUT2D eigenvalue weighted by Crippen LogP contribution is 2.13. The Morgan fingerprint density at radius 2 is 1.45 bits per heavy atom. The highest BCUT2D eigenvalue weighted by Gasteiger charge is 2.29. The van der Waals surface area contributed by atoms with Crippen LogP contribution in [0.4, 0.5) is 0 Å².